The second-order valence-corrected chi connectivity index (χ2v) is 3.78. The zero-order valence-corrected chi connectivity index (χ0v) is 8.49. The maximum atomic E-state index is 11.2. The van der Waals surface area contributed by atoms with Gasteiger partial charge in [0.1, 0.15) is 0 Å². The van der Waals surface area contributed by atoms with Crippen molar-refractivity contribution >= 4 is 5.91 Å². The van der Waals surface area contributed by atoms with Gasteiger partial charge in [0.05, 0.1) is 0 Å². The van der Waals surface area contributed by atoms with E-state index >= 15 is 0 Å². The predicted octanol–water partition coefficient (Wildman–Crippen LogP) is 2.05. The zero-order valence-electron chi connectivity index (χ0n) is 8.49. The lowest BCUT2D eigenvalue weighted by Crippen LogP contribution is -2.34. The van der Waals surface area contributed by atoms with Crippen molar-refractivity contribution in [1.29, 1.82) is 0 Å². The van der Waals surface area contributed by atoms with Crippen LogP contribution in [0, 0.1) is 0 Å². The van der Waals surface area contributed by atoms with Gasteiger partial charge in [0.25, 0.3) is 0 Å². The summed E-state index contributed by atoms with van der Waals surface area (Å²) in [5.41, 5.74) is 2.71. The summed E-state index contributed by atoms with van der Waals surface area (Å²) in [6.07, 6.45) is 10.7. The number of carbonyl (C=O) groups is 1. The van der Waals surface area contributed by atoms with Crippen LogP contribution in [0.3, 0.4) is 0 Å². The number of allylic oxidation sites excluding steroid dienone is 3. The molecule has 14 heavy (non-hydrogen) atoms. The first kappa shape index (κ1) is 9.25. The maximum Gasteiger partial charge on any atom is 0.219 e. The fourth-order valence-electron chi connectivity index (χ4n) is 1.92. The van der Waals surface area contributed by atoms with Crippen LogP contribution >= 0.6 is 0 Å². The van der Waals surface area contributed by atoms with E-state index in [0.717, 1.165) is 25.9 Å². The average molecular weight is 189 g/mol. The number of rotatable bonds is 0. The molecule has 0 aromatic heterocycles. The molecule has 0 radical (unpaired) electrons. The van der Waals surface area contributed by atoms with E-state index in [-0.39, 0.29) is 5.91 Å². The Morgan fingerprint density at radius 2 is 2.00 bits per heavy atom. The van der Waals surface area contributed by atoms with Crippen molar-refractivity contribution in [3.63, 3.8) is 0 Å². The Morgan fingerprint density at radius 3 is 2.71 bits per heavy atom. The molecule has 1 heterocycles. The van der Waals surface area contributed by atoms with Crippen LogP contribution in [0.2, 0.25) is 0 Å². The van der Waals surface area contributed by atoms with E-state index in [2.05, 4.69) is 24.3 Å². The SMILES string of the molecule is CC(=O)N1CCC2=C(C=CCC=C2)C1. The minimum Gasteiger partial charge on any atom is -0.338 e. The molecule has 1 amide bonds. The first-order chi connectivity index (χ1) is 6.77. The van der Waals surface area contributed by atoms with Crippen LogP contribution in [-0.4, -0.2) is 23.9 Å². The molecule has 0 spiro atoms. The Morgan fingerprint density at radius 1 is 1.29 bits per heavy atom. The van der Waals surface area contributed by atoms with Gasteiger partial charge in [0.15, 0.2) is 0 Å². The van der Waals surface area contributed by atoms with Crippen LogP contribution in [0.4, 0.5) is 0 Å². The fraction of sp³-hybridized carbons (Fsp3) is 0.417. The minimum absolute atomic E-state index is 0.179. The highest BCUT2D eigenvalue weighted by molar-refractivity contribution is 5.74. The van der Waals surface area contributed by atoms with Gasteiger partial charge in [0.2, 0.25) is 5.91 Å². The van der Waals surface area contributed by atoms with Gasteiger partial charge in [-0.05, 0) is 24.0 Å². The van der Waals surface area contributed by atoms with Gasteiger partial charge in [-0.2, -0.15) is 0 Å². The summed E-state index contributed by atoms with van der Waals surface area (Å²) in [6, 6.07) is 0. The van der Waals surface area contributed by atoms with Crippen LogP contribution in [0.25, 0.3) is 0 Å². The van der Waals surface area contributed by atoms with E-state index in [9.17, 15) is 4.79 Å². The van der Waals surface area contributed by atoms with Crippen LogP contribution < -0.4 is 0 Å². The summed E-state index contributed by atoms with van der Waals surface area (Å²) < 4.78 is 0. The van der Waals surface area contributed by atoms with Crippen LogP contribution in [0.5, 0.6) is 0 Å². The fourth-order valence-corrected chi connectivity index (χ4v) is 1.92. The number of nitrogens with zero attached hydrogens (tertiary/aromatic N) is 1. The summed E-state index contributed by atoms with van der Waals surface area (Å²) in [4.78, 5) is 13.1. The van der Waals surface area contributed by atoms with Gasteiger partial charge in [-0.3, -0.25) is 4.79 Å². The van der Waals surface area contributed by atoms with Crippen molar-refractivity contribution in [3.8, 4) is 0 Å². The molecule has 0 saturated carbocycles. The highest BCUT2D eigenvalue weighted by Crippen LogP contribution is 2.22. The second-order valence-electron chi connectivity index (χ2n) is 3.78. The van der Waals surface area contributed by atoms with E-state index in [1.807, 2.05) is 4.90 Å². The molecule has 2 aliphatic rings. The van der Waals surface area contributed by atoms with Crippen molar-refractivity contribution in [2.75, 3.05) is 13.1 Å². The van der Waals surface area contributed by atoms with E-state index in [1.165, 1.54) is 11.1 Å². The van der Waals surface area contributed by atoms with E-state index < -0.39 is 0 Å². The van der Waals surface area contributed by atoms with Gasteiger partial charge in [-0.25, -0.2) is 0 Å². The predicted molar refractivity (Wildman–Crippen MR) is 56.8 cm³/mol. The molecule has 0 fully saturated rings. The van der Waals surface area contributed by atoms with Crippen molar-refractivity contribution in [3.05, 3.63) is 35.5 Å². The lowest BCUT2D eigenvalue weighted by molar-refractivity contribution is -0.128. The Balaban J connectivity index is 2.21. The lowest BCUT2D eigenvalue weighted by Gasteiger charge is -2.27. The molecular weight excluding hydrogens is 174 g/mol. The van der Waals surface area contributed by atoms with Crippen LogP contribution in [0.1, 0.15) is 19.8 Å². The molecule has 0 aromatic carbocycles. The number of carbonyl (C=O) groups excluding carboxylic acids is 1. The number of hydrogen-bond acceptors (Lipinski definition) is 1. The molecule has 0 N–H and O–H groups in total. The Labute approximate surface area is 84.6 Å². The first-order valence-electron chi connectivity index (χ1n) is 5.08. The van der Waals surface area contributed by atoms with Gasteiger partial charge in [0, 0.05) is 20.0 Å². The molecule has 1 aliphatic carbocycles. The van der Waals surface area contributed by atoms with Crippen molar-refractivity contribution in [1.82, 2.24) is 4.90 Å². The zero-order chi connectivity index (χ0) is 9.97. The van der Waals surface area contributed by atoms with Crippen molar-refractivity contribution in [2.45, 2.75) is 19.8 Å². The average Bonchev–Trinajstić information content (AvgIpc) is 2.41. The van der Waals surface area contributed by atoms with Gasteiger partial charge < -0.3 is 4.90 Å². The van der Waals surface area contributed by atoms with E-state index in [1.54, 1.807) is 6.92 Å². The summed E-state index contributed by atoms with van der Waals surface area (Å²) >= 11 is 0. The van der Waals surface area contributed by atoms with E-state index in [0.29, 0.717) is 0 Å². The number of amides is 1. The summed E-state index contributed by atoms with van der Waals surface area (Å²) in [5.74, 6) is 0.179. The second kappa shape index (κ2) is 3.82. The maximum absolute atomic E-state index is 11.2. The normalized spacial score (nSPS) is 20.8. The molecule has 2 heteroatoms. The number of hydrogen-bond donors (Lipinski definition) is 0. The topological polar surface area (TPSA) is 20.3 Å². The quantitative estimate of drug-likeness (QED) is 0.571. The van der Waals surface area contributed by atoms with Gasteiger partial charge in [-0.1, -0.05) is 24.3 Å². The van der Waals surface area contributed by atoms with Crippen molar-refractivity contribution < 1.29 is 4.79 Å². The molecule has 0 bridgehead atoms. The molecule has 0 unspecified atom stereocenters. The van der Waals surface area contributed by atoms with Crippen LogP contribution in [-0.2, 0) is 4.79 Å². The third-order valence-electron chi connectivity index (χ3n) is 2.78. The highest BCUT2D eigenvalue weighted by Gasteiger charge is 2.17. The summed E-state index contributed by atoms with van der Waals surface area (Å²) in [7, 11) is 0. The standard InChI is InChI=1S/C12H15NO/c1-10(14)13-8-7-11-5-3-2-4-6-12(11)9-13/h3-6H,2,7-9H2,1H3. The highest BCUT2D eigenvalue weighted by atomic mass is 16.2. The Hall–Kier alpha value is -1.31. The molecule has 0 saturated heterocycles. The molecule has 2 rings (SSSR count). The molecule has 1 aliphatic heterocycles. The monoisotopic (exact) mass is 189 g/mol. The molecular formula is C12H15NO. The largest absolute Gasteiger partial charge is 0.338 e. The molecule has 74 valence electrons. The van der Waals surface area contributed by atoms with Crippen molar-refractivity contribution in [2.24, 2.45) is 0 Å². The first-order valence-corrected chi connectivity index (χ1v) is 5.08. The summed E-state index contributed by atoms with van der Waals surface area (Å²) in [6.45, 7) is 3.29. The molecule has 0 aromatic rings. The van der Waals surface area contributed by atoms with Gasteiger partial charge >= 0.3 is 0 Å². The Bertz CT molecular complexity index is 336. The molecule has 0 atom stereocenters. The smallest absolute Gasteiger partial charge is 0.219 e. The minimum atomic E-state index is 0.179. The summed E-state index contributed by atoms with van der Waals surface area (Å²) in [5, 5.41) is 0. The Kier molecular flexibility index (Phi) is 2.53. The molecule has 2 nitrogen and oxygen atoms in total. The third kappa shape index (κ3) is 1.79. The van der Waals surface area contributed by atoms with E-state index in [4.69, 9.17) is 0 Å². The van der Waals surface area contributed by atoms with Crippen LogP contribution in [0.15, 0.2) is 35.5 Å². The third-order valence-corrected chi connectivity index (χ3v) is 2.78. The lowest BCUT2D eigenvalue weighted by atomic mass is 10.0. The van der Waals surface area contributed by atoms with Gasteiger partial charge in [-0.15, -0.1) is 0 Å².